The Balaban J connectivity index is 3.76. The summed E-state index contributed by atoms with van der Waals surface area (Å²) in [6, 6.07) is 0. The van der Waals surface area contributed by atoms with E-state index in [0.29, 0.717) is 6.42 Å². The van der Waals surface area contributed by atoms with Gasteiger partial charge in [-0.2, -0.15) is 0 Å². The predicted octanol–water partition coefficient (Wildman–Crippen LogP) is 5.38. The molecule has 10 nitrogen and oxygen atoms in total. The third-order valence-electron chi connectivity index (χ3n) is 5.14. The third kappa shape index (κ3) is 26.1. The van der Waals surface area contributed by atoms with E-state index in [0.717, 1.165) is 19.3 Å². The number of phosphoric ester groups is 2. The number of ether oxygens (including phenoxy) is 1. The molecule has 0 aromatic heterocycles. The SMILES string of the molecule is CCCCCCCCCCCCCCCCCC(=O)OC(COP(=O)(O)O)COP(=O)(O)O. The average Bonchev–Trinajstić information content (AvgIpc) is 2.71. The maximum Gasteiger partial charge on any atom is 0.469 e. The zero-order valence-corrected chi connectivity index (χ0v) is 21.7. The molecule has 0 unspecified atom stereocenters. The Morgan fingerprint density at radius 2 is 0.970 bits per heavy atom. The maximum absolute atomic E-state index is 11.9. The van der Waals surface area contributed by atoms with Gasteiger partial charge in [0.1, 0.15) is 6.10 Å². The Hall–Kier alpha value is -0.310. The average molecular weight is 519 g/mol. The first-order valence-corrected chi connectivity index (χ1v) is 15.2. The van der Waals surface area contributed by atoms with Crippen molar-refractivity contribution in [1.29, 1.82) is 0 Å². The molecule has 198 valence electrons. The molecule has 0 aliphatic rings. The van der Waals surface area contributed by atoms with Gasteiger partial charge in [0.2, 0.25) is 0 Å². The zero-order valence-electron chi connectivity index (χ0n) is 19.9. The fourth-order valence-electron chi connectivity index (χ4n) is 3.36. The van der Waals surface area contributed by atoms with Crippen molar-refractivity contribution in [1.82, 2.24) is 0 Å². The van der Waals surface area contributed by atoms with Crippen molar-refractivity contribution >= 4 is 21.6 Å². The fourth-order valence-corrected chi connectivity index (χ4v) is 4.08. The van der Waals surface area contributed by atoms with E-state index in [-0.39, 0.29) is 6.42 Å². The van der Waals surface area contributed by atoms with E-state index < -0.39 is 40.9 Å². The number of carbonyl (C=O) groups excluding carboxylic acids is 1. The van der Waals surface area contributed by atoms with E-state index >= 15 is 0 Å². The molecule has 0 heterocycles. The Morgan fingerprint density at radius 1 is 0.636 bits per heavy atom. The Morgan fingerprint density at radius 3 is 1.30 bits per heavy atom. The first kappa shape index (κ1) is 32.7. The molecule has 0 saturated heterocycles. The largest absolute Gasteiger partial charge is 0.469 e. The molecule has 0 atom stereocenters. The second kappa shape index (κ2) is 19.9. The van der Waals surface area contributed by atoms with E-state index in [1.165, 1.54) is 70.6 Å². The van der Waals surface area contributed by atoms with Gasteiger partial charge in [-0.15, -0.1) is 0 Å². The highest BCUT2D eigenvalue weighted by Gasteiger charge is 2.25. The lowest BCUT2D eigenvalue weighted by atomic mass is 10.0. The smallest absolute Gasteiger partial charge is 0.457 e. The summed E-state index contributed by atoms with van der Waals surface area (Å²) < 4.78 is 35.1. The first-order valence-electron chi connectivity index (χ1n) is 12.1. The number of unbranched alkanes of at least 4 members (excludes halogenated alkanes) is 14. The minimum absolute atomic E-state index is 0.0978. The first-order chi connectivity index (χ1) is 15.5. The Kier molecular flexibility index (Phi) is 19.8. The highest BCUT2D eigenvalue weighted by atomic mass is 31.2. The summed E-state index contributed by atoms with van der Waals surface area (Å²) in [5.74, 6) is -0.640. The third-order valence-corrected chi connectivity index (χ3v) is 6.11. The van der Waals surface area contributed by atoms with Crippen LogP contribution in [0.1, 0.15) is 110 Å². The van der Waals surface area contributed by atoms with Crippen LogP contribution in [0.2, 0.25) is 0 Å². The van der Waals surface area contributed by atoms with Gasteiger partial charge in [-0.05, 0) is 6.42 Å². The monoisotopic (exact) mass is 518 g/mol. The van der Waals surface area contributed by atoms with E-state index in [4.69, 9.17) is 24.3 Å². The van der Waals surface area contributed by atoms with E-state index in [9.17, 15) is 13.9 Å². The summed E-state index contributed by atoms with van der Waals surface area (Å²) in [5.41, 5.74) is 0. The molecule has 12 heteroatoms. The quantitative estimate of drug-likeness (QED) is 0.0785. The minimum Gasteiger partial charge on any atom is -0.457 e. The van der Waals surface area contributed by atoms with Crippen molar-refractivity contribution in [2.45, 2.75) is 116 Å². The van der Waals surface area contributed by atoms with Gasteiger partial charge >= 0.3 is 21.6 Å². The fraction of sp³-hybridized carbons (Fsp3) is 0.952. The second-order valence-corrected chi connectivity index (χ2v) is 10.9. The van der Waals surface area contributed by atoms with Crippen LogP contribution in [0.4, 0.5) is 0 Å². The summed E-state index contributed by atoms with van der Waals surface area (Å²) >= 11 is 0. The van der Waals surface area contributed by atoms with Crippen LogP contribution in [-0.4, -0.2) is 44.9 Å². The molecule has 0 aromatic carbocycles. The lowest BCUT2D eigenvalue weighted by molar-refractivity contribution is -0.153. The minimum atomic E-state index is -4.82. The van der Waals surface area contributed by atoms with Crippen molar-refractivity contribution in [2.24, 2.45) is 0 Å². The lowest BCUT2D eigenvalue weighted by Crippen LogP contribution is -2.27. The molecule has 0 aliphatic heterocycles. The van der Waals surface area contributed by atoms with E-state index in [1.54, 1.807) is 0 Å². The molecule has 33 heavy (non-hydrogen) atoms. The van der Waals surface area contributed by atoms with Crippen LogP contribution in [0.25, 0.3) is 0 Å². The predicted molar refractivity (Wildman–Crippen MR) is 125 cm³/mol. The van der Waals surface area contributed by atoms with Crippen LogP contribution < -0.4 is 0 Å². The van der Waals surface area contributed by atoms with E-state index in [2.05, 4.69) is 16.0 Å². The number of carbonyl (C=O) groups is 1. The summed E-state index contributed by atoms with van der Waals surface area (Å²) in [6.07, 6.45) is 16.7. The number of hydrogen-bond donors (Lipinski definition) is 4. The molecule has 0 rings (SSSR count). The van der Waals surface area contributed by atoms with Crippen LogP contribution >= 0.6 is 15.6 Å². The molecule has 0 amide bonds. The van der Waals surface area contributed by atoms with Gasteiger partial charge < -0.3 is 24.3 Å². The van der Waals surface area contributed by atoms with Crippen LogP contribution in [0.15, 0.2) is 0 Å². The van der Waals surface area contributed by atoms with Gasteiger partial charge in [-0.3, -0.25) is 13.8 Å². The van der Waals surface area contributed by atoms with Gasteiger partial charge in [0.25, 0.3) is 0 Å². The van der Waals surface area contributed by atoms with Gasteiger partial charge in [0.05, 0.1) is 13.2 Å². The molecular weight excluding hydrogens is 474 g/mol. The molecule has 4 N–H and O–H groups in total. The molecule has 0 bridgehead atoms. The molecule has 0 radical (unpaired) electrons. The van der Waals surface area contributed by atoms with Crippen LogP contribution in [0.3, 0.4) is 0 Å². The number of hydrogen-bond acceptors (Lipinski definition) is 6. The molecule has 0 aliphatic carbocycles. The molecule has 0 spiro atoms. The number of phosphoric acid groups is 2. The van der Waals surface area contributed by atoms with Crippen molar-refractivity contribution in [3.05, 3.63) is 0 Å². The molecule has 0 fully saturated rings. The van der Waals surface area contributed by atoms with Gasteiger partial charge in [-0.1, -0.05) is 96.8 Å². The Labute approximate surface area is 198 Å². The van der Waals surface area contributed by atoms with Crippen LogP contribution in [0.5, 0.6) is 0 Å². The summed E-state index contributed by atoms with van der Waals surface area (Å²) in [7, 11) is -9.64. The topological polar surface area (TPSA) is 160 Å². The number of esters is 1. The molecule has 0 aromatic rings. The van der Waals surface area contributed by atoms with E-state index in [1.807, 2.05) is 0 Å². The van der Waals surface area contributed by atoms with Crippen molar-refractivity contribution < 1.29 is 47.3 Å². The van der Waals surface area contributed by atoms with Crippen molar-refractivity contribution in [3.8, 4) is 0 Å². The highest BCUT2D eigenvalue weighted by molar-refractivity contribution is 7.46. The van der Waals surface area contributed by atoms with Crippen molar-refractivity contribution in [2.75, 3.05) is 13.2 Å². The van der Waals surface area contributed by atoms with Gasteiger partial charge in [0, 0.05) is 6.42 Å². The zero-order chi connectivity index (χ0) is 25.0. The van der Waals surface area contributed by atoms with Crippen molar-refractivity contribution in [3.63, 3.8) is 0 Å². The highest BCUT2D eigenvalue weighted by Crippen LogP contribution is 2.38. The molecule has 0 saturated carbocycles. The summed E-state index contributed by atoms with van der Waals surface area (Å²) in [5, 5.41) is 0. The molecular formula is C21H44O10P2. The maximum atomic E-state index is 11.9. The normalized spacial score (nSPS) is 12.4. The Bertz CT molecular complexity index is 549. The summed E-state index contributed by atoms with van der Waals surface area (Å²) in [4.78, 5) is 46.9. The standard InChI is InChI=1S/C21H44O10P2/c1-2-3-4-5-6-7-8-9-10-11-12-13-14-15-16-17-21(22)31-20(18-29-32(23,24)25)19-30-33(26,27)28/h20H,2-19H2,1H3,(H2,23,24,25)(H2,26,27,28). The second-order valence-electron chi connectivity index (χ2n) is 8.38. The van der Waals surface area contributed by atoms with Crippen LogP contribution in [0, 0.1) is 0 Å². The van der Waals surface area contributed by atoms with Gasteiger partial charge in [-0.25, -0.2) is 9.13 Å². The van der Waals surface area contributed by atoms with Gasteiger partial charge in [0.15, 0.2) is 0 Å². The number of rotatable bonds is 23. The summed E-state index contributed by atoms with van der Waals surface area (Å²) in [6.45, 7) is 0.752. The lowest BCUT2D eigenvalue weighted by Gasteiger charge is -2.18. The van der Waals surface area contributed by atoms with Crippen LogP contribution in [-0.2, 0) is 27.7 Å².